The molecule has 0 aliphatic heterocycles. The van der Waals surface area contributed by atoms with Crippen LogP contribution in [0, 0.1) is 0 Å². The SMILES string of the molecule is COC(=O)CC(CC(=O)OC)n1cc(NC(=O)c2ccc3snnc3c2)cn1. The molecule has 0 bridgehead atoms. The van der Waals surface area contributed by atoms with Crippen LogP contribution >= 0.6 is 11.5 Å². The number of carbonyl (C=O) groups excluding carboxylic acids is 3. The van der Waals surface area contributed by atoms with Crippen LogP contribution in [0.2, 0.25) is 0 Å². The first-order valence-corrected chi connectivity index (χ1v) is 8.98. The third kappa shape index (κ3) is 4.49. The Morgan fingerprint density at radius 2 is 1.89 bits per heavy atom. The Balaban J connectivity index is 1.73. The molecule has 1 amide bonds. The Kier molecular flexibility index (Phi) is 5.94. The number of ether oxygens (including phenoxy) is 2. The number of hydrogen-bond acceptors (Lipinski definition) is 9. The zero-order chi connectivity index (χ0) is 20.1. The van der Waals surface area contributed by atoms with E-state index in [0.717, 1.165) is 4.70 Å². The van der Waals surface area contributed by atoms with Crippen molar-refractivity contribution in [2.45, 2.75) is 18.9 Å². The number of anilines is 1. The normalized spacial score (nSPS) is 10.8. The van der Waals surface area contributed by atoms with E-state index >= 15 is 0 Å². The minimum Gasteiger partial charge on any atom is -0.469 e. The topological polar surface area (TPSA) is 125 Å². The van der Waals surface area contributed by atoms with E-state index < -0.39 is 18.0 Å². The van der Waals surface area contributed by atoms with E-state index in [1.807, 2.05) is 0 Å². The van der Waals surface area contributed by atoms with Gasteiger partial charge in [-0.15, -0.1) is 5.10 Å². The lowest BCUT2D eigenvalue weighted by molar-refractivity contribution is -0.144. The van der Waals surface area contributed by atoms with Crippen molar-refractivity contribution in [3.05, 3.63) is 36.2 Å². The fraction of sp³-hybridized carbons (Fsp3) is 0.294. The van der Waals surface area contributed by atoms with Crippen molar-refractivity contribution in [1.82, 2.24) is 19.4 Å². The maximum Gasteiger partial charge on any atom is 0.307 e. The highest BCUT2D eigenvalue weighted by molar-refractivity contribution is 7.12. The fourth-order valence-corrected chi connectivity index (χ4v) is 3.08. The average Bonchev–Trinajstić information content (AvgIpc) is 3.35. The Morgan fingerprint density at radius 3 is 2.57 bits per heavy atom. The molecule has 0 unspecified atom stereocenters. The monoisotopic (exact) mass is 403 g/mol. The minimum absolute atomic E-state index is 0.0613. The Hall–Kier alpha value is -3.34. The summed E-state index contributed by atoms with van der Waals surface area (Å²) in [5.74, 6) is -1.31. The summed E-state index contributed by atoms with van der Waals surface area (Å²) < 4.78 is 15.5. The first kappa shape index (κ1) is 19.4. The lowest BCUT2D eigenvalue weighted by atomic mass is 10.1. The zero-order valence-electron chi connectivity index (χ0n) is 15.1. The van der Waals surface area contributed by atoms with Gasteiger partial charge in [0.05, 0.1) is 49.7 Å². The number of aromatic nitrogens is 4. The van der Waals surface area contributed by atoms with Crippen LogP contribution in [0.25, 0.3) is 10.2 Å². The molecule has 2 aromatic heterocycles. The lowest BCUT2D eigenvalue weighted by Crippen LogP contribution is -2.19. The number of carbonyl (C=O) groups is 3. The highest BCUT2D eigenvalue weighted by atomic mass is 32.1. The van der Waals surface area contributed by atoms with Gasteiger partial charge in [0.25, 0.3) is 5.91 Å². The summed E-state index contributed by atoms with van der Waals surface area (Å²) in [6.45, 7) is 0. The van der Waals surface area contributed by atoms with Crippen LogP contribution in [0.1, 0.15) is 29.2 Å². The Labute approximate surface area is 163 Å². The molecule has 0 atom stereocenters. The number of fused-ring (bicyclic) bond motifs is 1. The lowest BCUT2D eigenvalue weighted by Gasteiger charge is -2.15. The second kappa shape index (κ2) is 8.57. The second-order valence-corrected chi connectivity index (χ2v) is 6.62. The van der Waals surface area contributed by atoms with E-state index in [0.29, 0.717) is 16.8 Å². The molecule has 0 fully saturated rings. The number of benzene rings is 1. The quantitative estimate of drug-likeness (QED) is 0.592. The summed E-state index contributed by atoms with van der Waals surface area (Å²) in [5, 5.41) is 10.8. The van der Waals surface area contributed by atoms with Crippen LogP contribution in [0.3, 0.4) is 0 Å². The smallest absolute Gasteiger partial charge is 0.307 e. The molecule has 28 heavy (non-hydrogen) atoms. The van der Waals surface area contributed by atoms with Gasteiger partial charge in [0.1, 0.15) is 5.52 Å². The molecular weight excluding hydrogens is 386 g/mol. The van der Waals surface area contributed by atoms with Gasteiger partial charge in [0.15, 0.2) is 0 Å². The standard InChI is InChI=1S/C17H17N5O5S/c1-26-15(23)6-12(7-16(24)27-2)22-9-11(8-18-22)19-17(25)10-3-4-14-13(5-10)20-21-28-14/h3-5,8-9,12H,6-7H2,1-2H3,(H,19,25). The summed E-state index contributed by atoms with van der Waals surface area (Å²) >= 11 is 1.25. The van der Waals surface area contributed by atoms with E-state index in [2.05, 4.69) is 29.5 Å². The first-order chi connectivity index (χ1) is 13.5. The first-order valence-electron chi connectivity index (χ1n) is 8.21. The molecule has 2 heterocycles. The average molecular weight is 403 g/mol. The van der Waals surface area contributed by atoms with Gasteiger partial charge in [0, 0.05) is 11.8 Å². The third-order valence-electron chi connectivity index (χ3n) is 4.00. The van der Waals surface area contributed by atoms with Crippen molar-refractivity contribution in [2.75, 3.05) is 19.5 Å². The third-order valence-corrected chi connectivity index (χ3v) is 4.71. The molecular formula is C17H17N5O5S. The van der Waals surface area contributed by atoms with Gasteiger partial charge < -0.3 is 14.8 Å². The predicted octanol–water partition coefficient (Wildman–Crippen LogP) is 1.81. The number of amides is 1. The van der Waals surface area contributed by atoms with Crippen LogP contribution in [0.15, 0.2) is 30.6 Å². The molecule has 0 radical (unpaired) electrons. The largest absolute Gasteiger partial charge is 0.469 e. The van der Waals surface area contributed by atoms with E-state index in [-0.39, 0.29) is 18.7 Å². The van der Waals surface area contributed by atoms with Crippen molar-refractivity contribution in [3.8, 4) is 0 Å². The molecule has 0 saturated heterocycles. The molecule has 0 spiro atoms. The number of nitrogens with zero attached hydrogens (tertiary/aromatic N) is 4. The van der Waals surface area contributed by atoms with E-state index in [1.165, 1.54) is 42.8 Å². The van der Waals surface area contributed by atoms with Crippen LogP contribution in [0.5, 0.6) is 0 Å². The minimum atomic E-state index is -0.594. The van der Waals surface area contributed by atoms with Crippen molar-refractivity contribution >= 4 is 45.3 Å². The molecule has 11 heteroatoms. The maximum atomic E-state index is 12.5. The summed E-state index contributed by atoms with van der Waals surface area (Å²) in [6, 6.07) is 4.51. The molecule has 0 saturated carbocycles. The van der Waals surface area contributed by atoms with Gasteiger partial charge in [-0.2, -0.15) is 5.10 Å². The van der Waals surface area contributed by atoms with Crippen LogP contribution in [-0.2, 0) is 19.1 Å². The summed E-state index contributed by atoms with van der Waals surface area (Å²) in [5.41, 5.74) is 1.49. The maximum absolute atomic E-state index is 12.5. The second-order valence-electron chi connectivity index (χ2n) is 5.83. The summed E-state index contributed by atoms with van der Waals surface area (Å²) in [7, 11) is 2.53. The van der Waals surface area contributed by atoms with Gasteiger partial charge in [-0.1, -0.05) is 4.49 Å². The van der Waals surface area contributed by atoms with Gasteiger partial charge in [-0.05, 0) is 29.7 Å². The molecule has 3 rings (SSSR count). The van der Waals surface area contributed by atoms with Gasteiger partial charge >= 0.3 is 11.9 Å². The Morgan fingerprint density at radius 1 is 1.18 bits per heavy atom. The molecule has 1 aromatic carbocycles. The molecule has 10 nitrogen and oxygen atoms in total. The number of nitrogens with one attached hydrogen (secondary N) is 1. The van der Waals surface area contributed by atoms with Crippen molar-refractivity contribution in [2.24, 2.45) is 0 Å². The Bertz CT molecular complexity index is 996. The van der Waals surface area contributed by atoms with Gasteiger partial charge in [0.2, 0.25) is 0 Å². The van der Waals surface area contributed by atoms with E-state index in [4.69, 9.17) is 0 Å². The van der Waals surface area contributed by atoms with Crippen LogP contribution in [-0.4, -0.2) is 51.4 Å². The number of hydrogen-bond donors (Lipinski definition) is 1. The fourth-order valence-electron chi connectivity index (χ4n) is 2.54. The van der Waals surface area contributed by atoms with Gasteiger partial charge in [-0.3, -0.25) is 19.1 Å². The highest BCUT2D eigenvalue weighted by Gasteiger charge is 2.22. The van der Waals surface area contributed by atoms with Crippen molar-refractivity contribution in [3.63, 3.8) is 0 Å². The van der Waals surface area contributed by atoms with Crippen molar-refractivity contribution < 1.29 is 23.9 Å². The van der Waals surface area contributed by atoms with E-state index in [1.54, 1.807) is 18.2 Å². The zero-order valence-corrected chi connectivity index (χ0v) is 15.9. The molecule has 0 aliphatic rings. The summed E-state index contributed by atoms with van der Waals surface area (Å²) in [6.07, 6.45) is 2.85. The number of esters is 2. The number of rotatable bonds is 7. The number of methoxy groups -OCH3 is 2. The molecule has 146 valence electrons. The predicted molar refractivity (Wildman–Crippen MR) is 99.9 cm³/mol. The van der Waals surface area contributed by atoms with E-state index in [9.17, 15) is 14.4 Å². The van der Waals surface area contributed by atoms with Crippen LogP contribution < -0.4 is 5.32 Å². The van der Waals surface area contributed by atoms with Gasteiger partial charge in [-0.25, -0.2) is 0 Å². The highest BCUT2D eigenvalue weighted by Crippen LogP contribution is 2.21. The van der Waals surface area contributed by atoms with Crippen LogP contribution in [0.4, 0.5) is 5.69 Å². The summed E-state index contributed by atoms with van der Waals surface area (Å²) in [4.78, 5) is 35.7. The van der Waals surface area contributed by atoms with Crippen molar-refractivity contribution in [1.29, 1.82) is 0 Å². The molecule has 1 N–H and O–H groups in total. The molecule has 0 aliphatic carbocycles. The molecule has 3 aromatic rings.